The van der Waals surface area contributed by atoms with Gasteiger partial charge in [0, 0.05) is 35.8 Å². The second-order valence-corrected chi connectivity index (χ2v) is 6.67. The van der Waals surface area contributed by atoms with Crippen molar-refractivity contribution in [1.82, 2.24) is 9.97 Å². The van der Waals surface area contributed by atoms with Gasteiger partial charge in [-0.05, 0) is 30.2 Å². The summed E-state index contributed by atoms with van der Waals surface area (Å²) >= 11 is 6.22. The molecule has 0 bridgehead atoms. The largest absolute Gasteiger partial charge is 0.493 e. The topological polar surface area (TPSA) is 56.7 Å². The fourth-order valence-corrected chi connectivity index (χ4v) is 3.51. The number of hydrogen-bond donors (Lipinski definition) is 0. The van der Waals surface area contributed by atoms with E-state index < -0.39 is 0 Å². The molecular formula is C20H20ClN3O3. The smallest absolute Gasteiger partial charge is 0.163 e. The predicted octanol–water partition coefficient (Wildman–Crippen LogP) is 4.01. The van der Waals surface area contributed by atoms with Gasteiger partial charge in [0.15, 0.2) is 11.5 Å². The number of fused-ring (bicyclic) bond motifs is 2. The Kier molecular flexibility index (Phi) is 5.01. The summed E-state index contributed by atoms with van der Waals surface area (Å²) in [6, 6.07) is 9.79. The maximum Gasteiger partial charge on any atom is 0.163 e. The Hall–Kier alpha value is -2.57. The number of ether oxygens (including phenoxy) is 3. The van der Waals surface area contributed by atoms with Crippen LogP contribution in [0.3, 0.4) is 0 Å². The SMILES string of the molecule is COCCOc1cc2ncnc(N3CCc4ccc(Cl)cc43)c2cc1OC. The molecule has 7 heteroatoms. The Balaban J connectivity index is 1.78. The van der Waals surface area contributed by atoms with E-state index in [1.54, 1.807) is 20.5 Å². The molecular weight excluding hydrogens is 366 g/mol. The van der Waals surface area contributed by atoms with Gasteiger partial charge in [0.2, 0.25) is 0 Å². The van der Waals surface area contributed by atoms with Crippen LogP contribution in [0.2, 0.25) is 5.02 Å². The minimum Gasteiger partial charge on any atom is -0.493 e. The number of benzene rings is 2. The highest BCUT2D eigenvalue weighted by atomic mass is 35.5. The van der Waals surface area contributed by atoms with Gasteiger partial charge in [0.25, 0.3) is 0 Å². The number of methoxy groups -OCH3 is 2. The zero-order valence-electron chi connectivity index (χ0n) is 15.2. The summed E-state index contributed by atoms with van der Waals surface area (Å²) in [5.74, 6) is 2.11. The molecule has 0 amide bonds. The summed E-state index contributed by atoms with van der Waals surface area (Å²) in [5, 5.41) is 1.62. The highest BCUT2D eigenvalue weighted by Gasteiger charge is 2.24. The summed E-state index contributed by atoms with van der Waals surface area (Å²) in [7, 11) is 3.26. The van der Waals surface area contributed by atoms with Crippen molar-refractivity contribution in [3.8, 4) is 11.5 Å². The van der Waals surface area contributed by atoms with Crippen molar-refractivity contribution in [3.63, 3.8) is 0 Å². The Morgan fingerprint density at radius 3 is 2.78 bits per heavy atom. The number of rotatable bonds is 6. The quantitative estimate of drug-likeness (QED) is 0.597. The van der Waals surface area contributed by atoms with E-state index in [1.807, 2.05) is 24.3 Å². The molecule has 0 fully saturated rings. The zero-order chi connectivity index (χ0) is 18.8. The van der Waals surface area contributed by atoms with E-state index in [2.05, 4.69) is 20.9 Å². The third-order valence-electron chi connectivity index (χ3n) is 4.64. The number of aromatic nitrogens is 2. The summed E-state index contributed by atoms with van der Waals surface area (Å²) in [6.45, 7) is 1.78. The van der Waals surface area contributed by atoms with Crippen LogP contribution >= 0.6 is 11.6 Å². The van der Waals surface area contributed by atoms with E-state index in [4.69, 9.17) is 25.8 Å². The minimum absolute atomic E-state index is 0.439. The molecule has 27 heavy (non-hydrogen) atoms. The Labute approximate surface area is 162 Å². The molecule has 3 aromatic rings. The van der Waals surface area contributed by atoms with Crippen LogP contribution in [-0.4, -0.2) is 43.9 Å². The second kappa shape index (κ2) is 7.58. The molecule has 1 aliphatic heterocycles. The van der Waals surface area contributed by atoms with E-state index >= 15 is 0 Å². The van der Waals surface area contributed by atoms with Gasteiger partial charge in [0.1, 0.15) is 18.8 Å². The van der Waals surface area contributed by atoms with Crippen LogP contribution in [0.4, 0.5) is 11.5 Å². The maximum absolute atomic E-state index is 6.22. The summed E-state index contributed by atoms with van der Waals surface area (Å²) in [5.41, 5.74) is 3.14. The van der Waals surface area contributed by atoms with E-state index in [0.29, 0.717) is 29.7 Å². The lowest BCUT2D eigenvalue weighted by Gasteiger charge is -2.21. The van der Waals surface area contributed by atoms with Crippen molar-refractivity contribution in [1.29, 1.82) is 0 Å². The maximum atomic E-state index is 6.22. The summed E-state index contributed by atoms with van der Waals surface area (Å²) in [6.07, 6.45) is 2.53. The molecule has 2 heterocycles. The lowest BCUT2D eigenvalue weighted by Crippen LogP contribution is -2.15. The molecule has 0 N–H and O–H groups in total. The van der Waals surface area contributed by atoms with Gasteiger partial charge in [-0.1, -0.05) is 17.7 Å². The Morgan fingerprint density at radius 2 is 1.96 bits per heavy atom. The molecule has 0 atom stereocenters. The molecule has 4 rings (SSSR count). The van der Waals surface area contributed by atoms with Gasteiger partial charge in [-0.15, -0.1) is 0 Å². The standard InChI is InChI=1S/C20H20ClN3O3/c1-25-7-8-27-19-11-16-15(10-18(19)26-2)20(23-12-22-16)24-6-5-13-3-4-14(21)9-17(13)24/h3-4,9-12H,5-8H2,1-2H3. The lowest BCUT2D eigenvalue weighted by molar-refractivity contribution is 0.144. The first-order chi connectivity index (χ1) is 13.2. The van der Waals surface area contributed by atoms with Gasteiger partial charge in [-0.25, -0.2) is 9.97 Å². The van der Waals surface area contributed by atoms with E-state index in [0.717, 1.165) is 35.4 Å². The molecule has 0 aliphatic carbocycles. The number of halogens is 1. The second-order valence-electron chi connectivity index (χ2n) is 6.23. The fourth-order valence-electron chi connectivity index (χ4n) is 3.35. The lowest BCUT2D eigenvalue weighted by atomic mass is 10.1. The zero-order valence-corrected chi connectivity index (χ0v) is 16.0. The molecule has 1 aliphatic rings. The Morgan fingerprint density at radius 1 is 1.07 bits per heavy atom. The van der Waals surface area contributed by atoms with Crippen LogP contribution < -0.4 is 14.4 Å². The van der Waals surface area contributed by atoms with Crippen LogP contribution in [0.15, 0.2) is 36.7 Å². The van der Waals surface area contributed by atoms with Crippen molar-refractivity contribution < 1.29 is 14.2 Å². The van der Waals surface area contributed by atoms with Crippen molar-refractivity contribution in [2.45, 2.75) is 6.42 Å². The van der Waals surface area contributed by atoms with Gasteiger partial charge < -0.3 is 19.1 Å². The normalized spacial score (nSPS) is 13.1. The van der Waals surface area contributed by atoms with Crippen molar-refractivity contribution in [2.75, 3.05) is 38.9 Å². The monoisotopic (exact) mass is 385 g/mol. The Bertz CT molecular complexity index is 980. The number of nitrogens with zero attached hydrogens (tertiary/aromatic N) is 3. The van der Waals surface area contributed by atoms with Crippen LogP contribution in [0.1, 0.15) is 5.56 Å². The average Bonchev–Trinajstić information content (AvgIpc) is 3.10. The molecule has 0 saturated carbocycles. The fraction of sp³-hybridized carbons (Fsp3) is 0.300. The van der Waals surface area contributed by atoms with E-state index in [1.165, 1.54) is 5.56 Å². The van der Waals surface area contributed by atoms with Gasteiger partial charge in [-0.2, -0.15) is 0 Å². The van der Waals surface area contributed by atoms with Crippen molar-refractivity contribution in [2.24, 2.45) is 0 Å². The molecule has 0 saturated heterocycles. The van der Waals surface area contributed by atoms with Crippen molar-refractivity contribution in [3.05, 3.63) is 47.2 Å². The van der Waals surface area contributed by atoms with Gasteiger partial charge in [-0.3, -0.25) is 0 Å². The first-order valence-electron chi connectivity index (χ1n) is 8.71. The third kappa shape index (κ3) is 3.38. The molecule has 140 valence electrons. The number of anilines is 2. The first kappa shape index (κ1) is 17.8. The predicted molar refractivity (Wildman–Crippen MR) is 106 cm³/mol. The van der Waals surface area contributed by atoms with E-state index in [9.17, 15) is 0 Å². The van der Waals surface area contributed by atoms with Crippen LogP contribution in [0.25, 0.3) is 10.9 Å². The molecule has 0 radical (unpaired) electrons. The van der Waals surface area contributed by atoms with Gasteiger partial charge in [0.05, 0.1) is 19.2 Å². The molecule has 1 aromatic heterocycles. The van der Waals surface area contributed by atoms with Crippen LogP contribution in [0.5, 0.6) is 11.5 Å². The highest BCUT2D eigenvalue weighted by molar-refractivity contribution is 6.31. The molecule has 0 unspecified atom stereocenters. The summed E-state index contributed by atoms with van der Waals surface area (Å²) in [4.78, 5) is 11.2. The molecule has 2 aromatic carbocycles. The van der Waals surface area contributed by atoms with Crippen molar-refractivity contribution >= 4 is 34.0 Å². The number of hydrogen-bond acceptors (Lipinski definition) is 6. The van der Waals surface area contributed by atoms with Crippen LogP contribution in [-0.2, 0) is 11.2 Å². The first-order valence-corrected chi connectivity index (χ1v) is 9.09. The van der Waals surface area contributed by atoms with Gasteiger partial charge >= 0.3 is 0 Å². The average molecular weight is 386 g/mol. The highest BCUT2D eigenvalue weighted by Crippen LogP contribution is 2.40. The molecule has 0 spiro atoms. The minimum atomic E-state index is 0.439. The summed E-state index contributed by atoms with van der Waals surface area (Å²) < 4.78 is 16.3. The molecule has 6 nitrogen and oxygen atoms in total. The third-order valence-corrected chi connectivity index (χ3v) is 4.88. The van der Waals surface area contributed by atoms with Crippen LogP contribution in [0, 0.1) is 0 Å². The van der Waals surface area contributed by atoms with E-state index in [-0.39, 0.29) is 0 Å².